The highest BCUT2D eigenvalue weighted by Gasteiger charge is 2.35. The maximum Gasteiger partial charge on any atom is 0.312 e. The lowest BCUT2D eigenvalue weighted by Gasteiger charge is -2.26. The van der Waals surface area contributed by atoms with Crippen LogP contribution < -0.4 is 10.2 Å². The predicted octanol–water partition coefficient (Wildman–Crippen LogP) is 3.63. The van der Waals surface area contributed by atoms with Gasteiger partial charge in [-0.15, -0.1) is 0 Å². The molecule has 2 heterocycles. The minimum absolute atomic E-state index is 0.0357. The second kappa shape index (κ2) is 7.76. The summed E-state index contributed by atoms with van der Waals surface area (Å²) in [5, 5.41) is 51.4. The summed E-state index contributed by atoms with van der Waals surface area (Å²) in [5.41, 5.74) is -0.861. The van der Waals surface area contributed by atoms with E-state index in [0.29, 0.717) is 5.56 Å². The van der Waals surface area contributed by atoms with Crippen LogP contribution in [0.4, 0.5) is 5.69 Å². The Morgan fingerprint density at radius 1 is 0.943 bits per heavy atom. The lowest BCUT2D eigenvalue weighted by atomic mass is 9.85. The summed E-state index contributed by atoms with van der Waals surface area (Å²) in [6.45, 7) is 0. The second-order valence-corrected chi connectivity index (χ2v) is 7.91. The van der Waals surface area contributed by atoms with Crippen molar-refractivity contribution in [2.24, 2.45) is 0 Å². The van der Waals surface area contributed by atoms with Gasteiger partial charge in [0.05, 0.1) is 11.3 Å². The lowest BCUT2D eigenvalue weighted by Crippen LogP contribution is -2.22. The average molecular weight is 477 g/mol. The van der Waals surface area contributed by atoms with Crippen molar-refractivity contribution in [3.63, 3.8) is 0 Å². The number of carbonyl (C=O) groups is 1. The molecule has 0 bridgehead atoms. The molecule has 0 aliphatic carbocycles. The molecular weight excluding hydrogens is 462 g/mol. The molecule has 0 spiro atoms. The normalized spacial score (nSPS) is 15.0. The number of nitro benzene ring substituents is 1. The Balaban J connectivity index is 1.84. The average Bonchev–Trinajstić information content (AvgIpc) is 2.82. The van der Waals surface area contributed by atoms with Crippen LogP contribution in [0.1, 0.15) is 23.5 Å². The summed E-state index contributed by atoms with van der Waals surface area (Å²) in [6, 6.07) is 10.1. The first kappa shape index (κ1) is 21.8. The van der Waals surface area contributed by atoms with Gasteiger partial charge in [-0.1, -0.05) is 12.1 Å². The highest BCUT2D eigenvalue weighted by Crippen LogP contribution is 2.47. The van der Waals surface area contributed by atoms with Crippen molar-refractivity contribution in [3.05, 3.63) is 80.0 Å². The van der Waals surface area contributed by atoms with Gasteiger partial charge >= 0.3 is 5.97 Å². The number of nitrogens with zero attached hydrogens (tertiary/aromatic N) is 1. The molecule has 0 saturated heterocycles. The van der Waals surface area contributed by atoms with E-state index >= 15 is 0 Å². The van der Waals surface area contributed by atoms with Gasteiger partial charge in [0.15, 0.2) is 17.3 Å². The van der Waals surface area contributed by atoms with Crippen molar-refractivity contribution in [1.82, 2.24) is 0 Å². The number of aromatic hydroxyl groups is 4. The molecule has 5 rings (SSSR count). The lowest BCUT2D eigenvalue weighted by molar-refractivity contribution is -0.384. The number of rotatable bonds is 3. The zero-order chi connectivity index (χ0) is 25.0. The van der Waals surface area contributed by atoms with Crippen molar-refractivity contribution in [3.8, 4) is 40.1 Å². The minimum atomic E-state index is -0.996. The van der Waals surface area contributed by atoms with Crippen LogP contribution in [-0.4, -0.2) is 31.3 Å². The molecule has 3 aromatic carbocycles. The standard InChI is InChI=1S/C24H15NO10/c26-14-5-4-11(7-15(14)27)23-22(31)21(30)20-16(28)9-17-19(24(20)35-23)13(8-18(29)34-17)10-2-1-3-12(6-10)25(32)33/h1-7,9,13,26-28,31H,8H2/t13-/m0/s1. The fourth-order valence-electron chi connectivity index (χ4n) is 4.18. The summed E-state index contributed by atoms with van der Waals surface area (Å²) < 4.78 is 11.1. The van der Waals surface area contributed by atoms with Crippen molar-refractivity contribution in [2.75, 3.05) is 0 Å². The minimum Gasteiger partial charge on any atom is -0.507 e. The van der Waals surface area contributed by atoms with E-state index in [1.807, 2.05) is 0 Å². The van der Waals surface area contributed by atoms with E-state index in [9.17, 15) is 40.1 Å². The first-order valence-electron chi connectivity index (χ1n) is 10.2. The van der Waals surface area contributed by atoms with Crippen molar-refractivity contribution in [1.29, 1.82) is 0 Å². The molecule has 176 valence electrons. The number of hydrogen-bond donors (Lipinski definition) is 4. The fraction of sp³-hybridized carbons (Fsp3) is 0.0833. The van der Waals surface area contributed by atoms with Crippen LogP contribution in [0.2, 0.25) is 0 Å². The number of carbonyl (C=O) groups excluding carboxylic acids is 1. The number of hydrogen-bond acceptors (Lipinski definition) is 10. The Hall–Kier alpha value is -5.06. The summed E-state index contributed by atoms with van der Waals surface area (Å²) in [5.74, 6) is -4.46. The Morgan fingerprint density at radius 3 is 2.43 bits per heavy atom. The van der Waals surface area contributed by atoms with Gasteiger partial charge in [-0.25, -0.2) is 0 Å². The molecule has 1 atom stereocenters. The van der Waals surface area contributed by atoms with E-state index in [2.05, 4.69) is 0 Å². The van der Waals surface area contributed by atoms with E-state index in [1.165, 1.54) is 24.3 Å². The monoisotopic (exact) mass is 477 g/mol. The third-order valence-corrected chi connectivity index (χ3v) is 5.79. The van der Waals surface area contributed by atoms with Gasteiger partial charge in [0.25, 0.3) is 5.69 Å². The number of ether oxygens (including phenoxy) is 1. The zero-order valence-electron chi connectivity index (χ0n) is 17.6. The SMILES string of the molecule is O=C1C[C@@H](c2cccc([N+](=O)[O-])c2)c2c(cc(O)c3c(=O)c(O)c(-c4ccc(O)c(O)c4)oc23)O1. The molecule has 0 fully saturated rings. The van der Waals surface area contributed by atoms with Gasteiger partial charge in [0.2, 0.25) is 11.2 Å². The van der Waals surface area contributed by atoms with Crippen molar-refractivity contribution >= 4 is 22.6 Å². The Morgan fingerprint density at radius 2 is 1.71 bits per heavy atom. The molecular formula is C24H15NO10. The van der Waals surface area contributed by atoms with Crippen LogP contribution in [0.3, 0.4) is 0 Å². The number of nitro groups is 1. The number of non-ortho nitro benzene ring substituents is 1. The number of phenols is 3. The maximum absolute atomic E-state index is 13.1. The van der Waals surface area contributed by atoms with Gasteiger partial charge in [-0.2, -0.15) is 0 Å². The number of esters is 1. The molecule has 0 amide bonds. The summed E-state index contributed by atoms with van der Waals surface area (Å²) >= 11 is 0. The van der Waals surface area contributed by atoms with E-state index in [1.54, 1.807) is 6.07 Å². The Bertz CT molecular complexity index is 1620. The van der Waals surface area contributed by atoms with Gasteiger partial charge in [-0.3, -0.25) is 19.7 Å². The molecule has 1 aromatic heterocycles. The molecule has 11 heteroatoms. The number of fused-ring (bicyclic) bond motifs is 3. The Labute approximate surface area is 194 Å². The van der Waals surface area contributed by atoms with Crippen LogP contribution in [0.25, 0.3) is 22.3 Å². The van der Waals surface area contributed by atoms with E-state index in [0.717, 1.165) is 18.2 Å². The summed E-state index contributed by atoms with van der Waals surface area (Å²) in [6.07, 6.45) is -0.242. The van der Waals surface area contributed by atoms with Crippen molar-refractivity contribution < 1.29 is 39.3 Å². The second-order valence-electron chi connectivity index (χ2n) is 7.91. The summed E-state index contributed by atoms with van der Waals surface area (Å²) in [7, 11) is 0. The van der Waals surface area contributed by atoms with E-state index in [-0.39, 0.29) is 45.7 Å². The molecule has 4 N–H and O–H groups in total. The van der Waals surface area contributed by atoms with E-state index in [4.69, 9.17) is 9.15 Å². The number of benzene rings is 3. The Kier molecular flexibility index (Phi) is 4.83. The maximum atomic E-state index is 13.1. The zero-order valence-corrected chi connectivity index (χ0v) is 17.6. The molecule has 35 heavy (non-hydrogen) atoms. The molecule has 0 saturated carbocycles. The molecule has 0 radical (unpaired) electrons. The predicted molar refractivity (Wildman–Crippen MR) is 120 cm³/mol. The molecule has 4 aromatic rings. The van der Waals surface area contributed by atoms with Crippen LogP contribution in [0.15, 0.2) is 57.7 Å². The first-order chi connectivity index (χ1) is 16.7. The highest BCUT2D eigenvalue weighted by atomic mass is 16.6. The molecule has 11 nitrogen and oxygen atoms in total. The van der Waals surface area contributed by atoms with Gasteiger partial charge < -0.3 is 29.6 Å². The van der Waals surface area contributed by atoms with Gasteiger partial charge in [-0.05, 0) is 23.8 Å². The largest absolute Gasteiger partial charge is 0.507 e. The molecule has 1 aliphatic heterocycles. The number of phenolic OH excluding ortho intramolecular Hbond substituents is 3. The topological polar surface area (TPSA) is 181 Å². The fourth-order valence-corrected chi connectivity index (χ4v) is 4.18. The molecule has 0 unspecified atom stereocenters. The van der Waals surface area contributed by atoms with Crippen LogP contribution >= 0.6 is 0 Å². The van der Waals surface area contributed by atoms with Gasteiger partial charge in [0.1, 0.15) is 22.5 Å². The smallest absolute Gasteiger partial charge is 0.312 e. The first-order valence-corrected chi connectivity index (χ1v) is 10.2. The molecule has 1 aliphatic rings. The third kappa shape index (κ3) is 3.46. The van der Waals surface area contributed by atoms with Crippen LogP contribution in [0, 0.1) is 10.1 Å². The highest BCUT2D eigenvalue weighted by molar-refractivity contribution is 5.94. The summed E-state index contributed by atoms with van der Waals surface area (Å²) in [4.78, 5) is 36.1. The quantitative estimate of drug-likeness (QED) is 0.112. The van der Waals surface area contributed by atoms with Crippen LogP contribution in [-0.2, 0) is 4.79 Å². The van der Waals surface area contributed by atoms with E-state index < -0.39 is 45.2 Å². The van der Waals surface area contributed by atoms with Crippen LogP contribution in [0.5, 0.6) is 28.7 Å². The third-order valence-electron chi connectivity index (χ3n) is 5.79. The van der Waals surface area contributed by atoms with Gasteiger partial charge in [0, 0.05) is 35.2 Å². The van der Waals surface area contributed by atoms with Crippen molar-refractivity contribution in [2.45, 2.75) is 12.3 Å².